The first-order valence-electron chi connectivity index (χ1n) is 6.48. The summed E-state index contributed by atoms with van der Waals surface area (Å²) in [5.74, 6) is -1.52. The summed E-state index contributed by atoms with van der Waals surface area (Å²) in [4.78, 5) is 23.4. The SMILES string of the molecule is CCC(O)(CC)CNC(=O)C(=O)Nc1ccccc1Br. The van der Waals surface area contributed by atoms with Crippen molar-refractivity contribution in [1.82, 2.24) is 5.32 Å². The Bertz CT molecular complexity index is 487. The van der Waals surface area contributed by atoms with Crippen LogP contribution in [0.3, 0.4) is 0 Å². The average Bonchev–Trinajstić information content (AvgIpc) is 2.46. The number of hydrogen-bond acceptors (Lipinski definition) is 3. The van der Waals surface area contributed by atoms with Crippen molar-refractivity contribution in [3.63, 3.8) is 0 Å². The minimum Gasteiger partial charge on any atom is -0.388 e. The number of carbonyl (C=O) groups excluding carboxylic acids is 2. The van der Waals surface area contributed by atoms with Crippen molar-refractivity contribution in [1.29, 1.82) is 0 Å². The minimum atomic E-state index is -0.969. The van der Waals surface area contributed by atoms with Gasteiger partial charge in [0.15, 0.2) is 0 Å². The third-order valence-corrected chi connectivity index (χ3v) is 3.91. The zero-order chi connectivity index (χ0) is 15.2. The Morgan fingerprint density at radius 3 is 2.35 bits per heavy atom. The predicted molar refractivity (Wildman–Crippen MR) is 81.3 cm³/mol. The molecule has 3 N–H and O–H groups in total. The lowest BCUT2D eigenvalue weighted by atomic mass is 9.98. The Morgan fingerprint density at radius 1 is 1.20 bits per heavy atom. The summed E-state index contributed by atoms with van der Waals surface area (Å²) in [5.41, 5.74) is -0.447. The summed E-state index contributed by atoms with van der Waals surface area (Å²) in [6.07, 6.45) is 1.02. The molecule has 1 aromatic carbocycles. The van der Waals surface area contributed by atoms with E-state index in [0.717, 1.165) is 0 Å². The van der Waals surface area contributed by atoms with Gasteiger partial charge in [0.05, 0.1) is 11.3 Å². The fraction of sp³-hybridized carbons (Fsp3) is 0.429. The van der Waals surface area contributed by atoms with Gasteiger partial charge in [-0.3, -0.25) is 9.59 Å². The molecule has 0 bridgehead atoms. The van der Waals surface area contributed by atoms with Gasteiger partial charge in [0.2, 0.25) is 0 Å². The summed E-state index contributed by atoms with van der Waals surface area (Å²) < 4.78 is 0.694. The molecule has 0 aliphatic carbocycles. The van der Waals surface area contributed by atoms with Crippen LogP contribution in [0.15, 0.2) is 28.7 Å². The number of nitrogens with one attached hydrogen (secondary N) is 2. The first-order valence-corrected chi connectivity index (χ1v) is 7.27. The average molecular weight is 343 g/mol. The Hall–Kier alpha value is -1.40. The smallest absolute Gasteiger partial charge is 0.313 e. The molecule has 0 aliphatic rings. The van der Waals surface area contributed by atoms with Gasteiger partial charge < -0.3 is 15.7 Å². The molecule has 0 radical (unpaired) electrons. The van der Waals surface area contributed by atoms with Crippen molar-refractivity contribution in [2.75, 3.05) is 11.9 Å². The van der Waals surface area contributed by atoms with E-state index in [1.165, 1.54) is 0 Å². The molecule has 0 spiro atoms. The molecule has 0 saturated heterocycles. The summed E-state index contributed by atoms with van der Waals surface area (Å²) in [7, 11) is 0. The van der Waals surface area contributed by atoms with E-state index in [1.54, 1.807) is 18.2 Å². The van der Waals surface area contributed by atoms with Gasteiger partial charge in [-0.25, -0.2) is 0 Å². The maximum atomic E-state index is 11.7. The van der Waals surface area contributed by atoms with Crippen molar-refractivity contribution in [3.05, 3.63) is 28.7 Å². The highest BCUT2D eigenvalue weighted by atomic mass is 79.9. The Kier molecular flexibility index (Phi) is 6.16. The van der Waals surface area contributed by atoms with Crippen LogP contribution >= 0.6 is 15.9 Å². The van der Waals surface area contributed by atoms with Crippen LogP contribution in [0.4, 0.5) is 5.69 Å². The minimum absolute atomic E-state index is 0.0578. The lowest BCUT2D eigenvalue weighted by molar-refractivity contribution is -0.136. The van der Waals surface area contributed by atoms with Crippen LogP contribution in [0.1, 0.15) is 26.7 Å². The van der Waals surface area contributed by atoms with Crippen molar-refractivity contribution >= 4 is 33.4 Å². The number of amides is 2. The molecule has 5 nitrogen and oxygen atoms in total. The highest BCUT2D eigenvalue weighted by Gasteiger charge is 2.24. The van der Waals surface area contributed by atoms with E-state index in [2.05, 4.69) is 26.6 Å². The molecule has 20 heavy (non-hydrogen) atoms. The zero-order valence-corrected chi connectivity index (χ0v) is 13.2. The number of aliphatic hydroxyl groups is 1. The first kappa shape index (κ1) is 16.7. The molecular weight excluding hydrogens is 324 g/mol. The van der Waals surface area contributed by atoms with Crippen LogP contribution in [0.2, 0.25) is 0 Å². The molecule has 0 fully saturated rings. The molecule has 0 heterocycles. The summed E-state index contributed by atoms with van der Waals surface area (Å²) in [5, 5.41) is 15.0. The topological polar surface area (TPSA) is 78.4 Å². The lowest BCUT2D eigenvalue weighted by Crippen LogP contribution is -2.45. The molecule has 1 aromatic rings. The van der Waals surface area contributed by atoms with Gasteiger partial charge in [-0.2, -0.15) is 0 Å². The third-order valence-electron chi connectivity index (χ3n) is 3.22. The molecular formula is C14H19BrN2O3. The standard InChI is InChI=1S/C14H19BrN2O3/c1-3-14(20,4-2)9-16-12(18)13(19)17-11-8-6-5-7-10(11)15/h5-8,20H,3-4,9H2,1-2H3,(H,16,18)(H,17,19). The summed E-state index contributed by atoms with van der Waals surface area (Å²) in [6.45, 7) is 3.72. The van der Waals surface area contributed by atoms with Gasteiger partial charge in [0.25, 0.3) is 0 Å². The highest BCUT2D eigenvalue weighted by Crippen LogP contribution is 2.21. The monoisotopic (exact) mass is 342 g/mol. The zero-order valence-electron chi connectivity index (χ0n) is 11.6. The van der Waals surface area contributed by atoms with E-state index >= 15 is 0 Å². The first-order chi connectivity index (χ1) is 9.41. The van der Waals surface area contributed by atoms with Crippen molar-refractivity contribution in [2.45, 2.75) is 32.3 Å². The van der Waals surface area contributed by atoms with Crippen LogP contribution in [0.5, 0.6) is 0 Å². The number of halogens is 1. The lowest BCUT2D eigenvalue weighted by Gasteiger charge is -2.25. The van der Waals surface area contributed by atoms with Crippen LogP contribution in [0, 0.1) is 0 Å². The molecule has 1 rings (SSSR count). The van der Waals surface area contributed by atoms with Crippen molar-refractivity contribution in [2.24, 2.45) is 0 Å². The van der Waals surface area contributed by atoms with Crippen LogP contribution in [-0.4, -0.2) is 29.1 Å². The summed E-state index contributed by atoms with van der Waals surface area (Å²) >= 11 is 3.28. The Morgan fingerprint density at radius 2 is 1.80 bits per heavy atom. The number of benzene rings is 1. The maximum Gasteiger partial charge on any atom is 0.313 e. The van der Waals surface area contributed by atoms with Gasteiger partial charge in [-0.05, 0) is 40.9 Å². The fourth-order valence-corrected chi connectivity index (χ4v) is 1.95. The van der Waals surface area contributed by atoms with Crippen LogP contribution in [-0.2, 0) is 9.59 Å². The highest BCUT2D eigenvalue weighted by molar-refractivity contribution is 9.10. The normalized spacial score (nSPS) is 11.0. The van der Waals surface area contributed by atoms with Gasteiger partial charge in [0, 0.05) is 11.0 Å². The molecule has 110 valence electrons. The van der Waals surface area contributed by atoms with Gasteiger partial charge in [0.1, 0.15) is 0 Å². The third kappa shape index (κ3) is 4.61. The maximum absolute atomic E-state index is 11.7. The largest absolute Gasteiger partial charge is 0.388 e. The second-order valence-corrected chi connectivity index (χ2v) is 5.40. The number of carbonyl (C=O) groups is 2. The van der Waals surface area contributed by atoms with Crippen LogP contribution < -0.4 is 10.6 Å². The van der Waals surface area contributed by atoms with E-state index in [4.69, 9.17) is 0 Å². The van der Waals surface area contributed by atoms with E-state index in [9.17, 15) is 14.7 Å². The van der Waals surface area contributed by atoms with E-state index in [1.807, 2.05) is 19.9 Å². The van der Waals surface area contributed by atoms with E-state index in [-0.39, 0.29) is 6.54 Å². The second-order valence-electron chi connectivity index (χ2n) is 4.55. The van der Waals surface area contributed by atoms with Crippen LogP contribution in [0.25, 0.3) is 0 Å². The molecule has 0 saturated carbocycles. The van der Waals surface area contributed by atoms with E-state index in [0.29, 0.717) is 23.0 Å². The number of anilines is 1. The van der Waals surface area contributed by atoms with Crippen molar-refractivity contribution < 1.29 is 14.7 Å². The Labute approximate surface area is 126 Å². The Balaban J connectivity index is 2.56. The molecule has 0 aromatic heterocycles. The summed E-state index contributed by atoms with van der Waals surface area (Å²) in [6, 6.07) is 7.01. The molecule has 6 heteroatoms. The quantitative estimate of drug-likeness (QED) is 0.716. The van der Waals surface area contributed by atoms with Crippen molar-refractivity contribution in [3.8, 4) is 0 Å². The molecule has 0 atom stereocenters. The van der Waals surface area contributed by atoms with Gasteiger partial charge >= 0.3 is 11.8 Å². The number of rotatable bonds is 5. The molecule has 0 aliphatic heterocycles. The fourth-order valence-electron chi connectivity index (χ4n) is 1.57. The number of para-hydroxylation sites is 1. The second kappa shape index (κ2) is 7.40. The predicted octanol–water partition coefficient (Wildman–Crippen LogP) is 2.05. The molecule has 2 amide bonds. The van der Waals surface area contributed by atoms with Gasteiger partial charge in [-0.15, -0.1) is 0 Å². The molecule has 0 unspecified atom stereocenters. The van der Waals surface area contributed by atoms with E-state index < -0.39 is 17.4 Å². The van der Waals surface area contributed by atoms with Gasteiger partial charge in [-0.1, -0.05) is 26.0 Å². The number of hydrogen-bond donors (Lipinski definition) is 3.